The molecule has 5 saturated carbocycles. The van der Waals surface area contributed by atoms with Gasteiger partial charge in [0.2, 0.25) is 5.91 Å². The zero-order valence-corrected chi connectivity index (χ0v) is 13.1. The number of rotatable bonds is 2. The predicted octanol–water partition coefficient (Wildman–Crippen LogP) is 2.04. The van der Waals surface area contributed by atoms with Crippen molar-refractivity contribution in [3.8, 4) is 6.07 Å². The van der Waals surface area contributed by atoms with Crippen LogP contribution in [-0.4, -0.2) is 28.9 Å². The Labute approximate surface area is 132 Å². The molecule has 6 fully saturated rings. The molecule has 1 saturated heterocycles. The smallest absolute Gasteiger partial charge is 0.241 e. The Balaban J connectivity index is 1.41. The molecule has 1 unspecified atom stereocenters. The Bertz CT molecular complexity index is 530. The fourth-order valence-electron chi connectivity index (χ4n) is 6.87. The molecule has 0 aromatic rings. The highest BCUT2D eigenvalue weighted by atomic mass is 16.2. The summed E-state index contributed by atoms with van der Waals surface area (Å²) < 4.78 is 0. The summed E-state index contributed by atoms with van der Waals surface area (Å²) in [5.41, 5.74) is 6.65. The second-order valence-corrected chi connectivity index (χ2v) is 8.95. The SMILES string of the molecule is N#C[C@@H]1C[C@@H]2CC2N1C(=O)[C@@H](N)C12CC3CC(CC(C3)C1)C2. The van der Waals surface area contributed by atoms with Gasteiger partial charge in [0.25, 0.3) is 0 Å². The number of nitrogens with zero attached hydrogens (tertiary/aromatic N) is 2. The van der Waals surface area contributed by atoms with E-state index in [1.807, 2.05) is 4.90 Å². The summed E-state index contributed by atoms with van der Waals surface area (Å²) in [5.74, 6) is 3.10. The topological polar surface area (TPSA) is 70.1 Å². The third-order valence-electron chi connectivity index (χ3n) is 7.52. The van der Waals surface area contributed by atoms with Crippen LogP contribution in [0, 0.1) is 40.4 Å². The van der Waals surface area contributed by atoms with Gasteiger partial charge in [0, 0.05) is 6.04 Å². The summed E-state index contributed by atoms with van der Waals surface area (Å²) in [4.78, 5) is 15.0. The third-order valence-corrected chi connectivity index (χ3v) is 7.52. The molecule has 5 aliphatic carbocycles. The van der Waals surface area contributed by atoms with E-state index >= 15 is 0 Å². The first-order chi connectivity index (χ1) is 10.6. The first-order valence-corrected chi connectivity index (χ1v) is 9.07. The highest BCUT2D eigenvalue weighted by Crippen LogP contribution is 2.61. The van der Waals surface area contributed by atoms with E-state index in [2.05, 4.69) is 6.07 Å². The van der Waals surface area contributed by atoms with Gasteiger partial charge in [-0.05, 0) is 80.5 Å². The fourth-order valence-corrected chi connectivity index (χ4v) is 6.87. The maximum absolute atomic E-state index is 13.1. The molecule has 4 bridgehead atoms. The second-order valence-electron chi connectivity index (χ2n) is 8.95. The minimum atomic E-state index is -0.365. The number of piperidine rings is 1. The minimum Gasteiger partial charge on any atom is -0.322 e. The number of carbonyl (C=O) groups is 1. The molecule has 1 aliphatic heterocycles. The number of hydrogen-bond donors (Lipinski definition) is 1. The molecule has 0 aromatic heterocycles. The van der Waals surface area contributed by atoms with E-state index in [1.54, 1.807) is 0 Å². The van der Waals surface area contributed by atoms with Crippen LogP contribution in [0.3, 0.4) is 0 Å². The maximum Gasteiger partial charge on any atom is 0.241 e. The van der Waals surface area contributed by atoms with Gasteiger partial charge in [-0.2, -0.15) is 5.26 Å². The minimum absolute atomic E-state index is 0.0544. The van der Waals surface area contributed by atoms with Gasteiger partial charge in [0.15, 0.2) is 0 Å². The van der Waals surface area contributed by atoms with E-state index in [9.17, 15) is 10.1 Å². The van der Waals surface area contributed by atoms with Crippen molar-refractivity contribution in [2.24, 2.45) is 34.8 Å². The van der Waals surface area contributed by atoms with E-state index in [0.717, 1.165) is 49.9 Å². The van der Waals surface area contributed by atoms with Crippen LogP contribution < -0.4 is 5.73 Å². The summed E-state index contributed by atoms with van der Waals surface area (Å²) in [6.45, 7) is 0. The van der Waals surface area contributed by atoms with E-state index in [-0.39, 0.29) is 23.4 Å². The highest BCUT2D eigenvalue weighted by molar-refractivity contribution is 5.84. The molecule has 4 nitrogen and oxygen atoms in total. The zero-order chi connectivity index (χ0) is 15.1. The quantitative estimate of drug-likeness (QED) is 0.848. The lowest BCUT2D eigenvalue weighted by molar-refractivity contribution is -0.144. The number of likely N-dealkylation sites (tertiary alicyclic amines) is 1. The lowest BCUT2D eigenvalue weighted by Crippen LogP contribution is -2.60. The van der Waals surface area contributed by atoms with Crippen LogP contribution in [0.5, 0.6) is 0 Å². The molecular formula is C18H25N3O. The van der Waals surface area contributed by atoms with Gasteiger partial charge in [-0.25, -0.2) is 0 Å². The van der Waals surface area contributed by atoms with Gasteiger partial charge in [-0.3, -0.25) is 4.79 Å². The second kappa shape index (κ2) is 4.26. The number of nitriles is 1. The standard InChI is InChI=1S/C18H25N3O/c19-9-14-4-13-5-15(13)21(14)17(22)16(20)18-6-10-1-11(7-18)3-12(2-10)8-18/h10-16H,1-8,20H2/t10?,11?,12?,13-,14+,15?,16-,18?/m1/s1. The molecule has 22 heavy (non-hydrogen) atoms. The first-order valence-electron chi connectivity index (χ1n) is 9.07. The van der Waals surface area contributed by atoms with Crippen molar-refractivity contribution in [1.29, 1.82) is 5.26 Å². The monoisotopic (exact) mass is 299 g/mol. The highest BCUT2D eigenvalue weighted by Gasteiger charge is 2.59. The summed E-state index contributed by atoms with van der Waals surface area (Å²) in [7, 11) is 0. The Hall–Kier alpha value is -1.08. The molecule has 0 aromatic carbocycles. The molecule has 6 rings (SSSR count). The van der Waals surface area contributed by atoms with Crippen molar-refractivity contribution in [1.82, 2.24) is 4.90 Å². The average Bonchev–Trinajstić information content (AvgIpc) is 3.15. The Morgan fingerprint density at radius 3 is 2.23 bits per heavy atom. The van der Waals surface area contributed by atoms with Gasteiger partial charge in [0.05, 0.1) is 12.1 Å². The molecule has 1 heterocycles. The van der Waals surface area contributed by atoms with Gasteiger partial charge >= 0.3 is 0 Å². The first kappa shape index (κ1) is 13.4. The van der Waals surface area contributed by atoms with Crippen molar-refractivity contribution < 1.29 is 4.79 Å². The molecule has 0 spiro atoms. The predicted molar refractivity (Wildman–Crippen MR) is 81.3 cm³/mol. The van der Waals surface area contributed by atoms with Crippen LogP contribution in [0.1, 0.15) is 51.4 Å². The van der Waals surface area contributed by atoms with Crippen molar-refractivity contribution in [2.45, 2.75) is 69.5 Å². The van der Waals surface area contributed by atoms with E-state index < -0.39 is 0 Å². The van der Waals surface area contributed by atoms with Gasteiger partial charge in [-0.1, -0.05) is 0 Å². The lowest BCUT2D eigenvalue weighted by atomic mass is 9.47. The van der Waals surface area contributed by atoms with Crippen LogP contribution >= 0.6 is 0 Å². The molecule has 4 heteroatoms. The van der Waals surface area contributed by atoms with E-state index in [1.165, 1.54) is 19.3 Å². The lowest BCUT2D eigenvalue weighted by Gasteiger charge is -2.58. The van der Waals surface area contributed by atoms with Crippen LogP contribution in [0.2, 0.25) is 0 Å². The average molecular weight is 299 g/mol. The van der Waals surface area contributed by atoms with Crippen molar-refractivity contribution in [2.75, 3.05) is 0 Å². The zero-order valence-electron chi connectivity index (χ0n) is 13.1. The van der Waals surface area contributed by atoms with Gasteiger partial charge < -0.3 is 10.6 Å². The maximum atomic E-state index is 13.1. The Kier molecular flexibility index (Phi) is 2.59. The number of nitrogens with two attached hydrogens (primary N) is 1. The molecule has 6 aliphatic rings. The van der Waals surface area contributed by atoms with E-state index in [4.69, 9.17) is 5.73 Å². The van der Waals surface area contributed by atoms with Crippen LogP contribution in [0.15, 0.2) is 0 Å². The summed E-state index contributed by atoms with van der Waals surface area (Å²) >= 11 is 0. The number of carbonyl (C=O) groups excluding carboxylic acids is 1. The Morgan fingerprint density at radius 1 is 1.09 bits per heavy atom. The summed E-state index contributed by atoms with van der Waals surface area (Å²) in [6, 6.07) is 2.09. The van der Waals surface area contributed by atoms with Gasteiger partial charge in [-0.15, -0.1) is 0 Å². The fraction of sp³-hybridized carbons (Fsp3) is 0.889. The summed E-state index contributed by atoms with van der Waals surface area (Å²) in [5, 5.41) is 9.35. The summed E-state index contributed by atoms with van der Waals surface area (Å²) in [6.07, 6.45) is 9.55. The van der Waals surface area contributed by atoms with Crippen LogP contribution in [0.25, 0.3) is 0 Å². The number of hydrogen-bond acceptors (Lipinski definition) is 3. The molecule has 118 valence electrons. The van der Waals surface area contributed by atoms with Crippen LogP contribution in [-0.2, 0) is 4.79 Å². The van der Waals surface area contributed by atoms with E-state index in [0.29, 0.717) is 12.0 Å². The molecule has 4 atom stereocenters. The normalized spacial score (nSPS) is 52.3. The van der Waals surface area contributed by atoms with Crippen molar-refractivity contribution >= 4 is 5.91 Å². The van der Waals surface area contributed by atoms with Gasteiger partial charge in [0.1, 0.15) is 6.04 Å². The molecule has 1 amide bonds. The Morgan fingerprint density at radius 2 is 1.68 bits per heavy atom. The van der Waals surface area contributed by atoms with Crippen molar-refractivity contribution in [3.05, 3.63) is 0 Å². The van der Waals surface area contributed by atoms with Crippen molar-refractivity contribution in [3.63, 3.8) is 0 Å². The van der Waals surface area contributed by atoms with Crippen LogP contribution in [0.4, 0.5) is 0 Å². The third kappa shape index (κ3) is 1.69. The molecular weight excluding hydrogens is 274 g/mol. The molecule has 0 radical (unpaired) electrons. The number of fused-ring (bicyclic) bond motifs is 1. The molecule has 2 N–H and O–H groups in total. The largest absolute Gasteiger partial charge is 0.322 e. The number of amides is 1.